The molecule has 0 unspecified atom stereocenters. The van der Waals surface area contributed by atoms with E-state index in [1.165, 1.54) is 0 Å². The van der Waals surface area contributed by atoms with E-state index in [2.05, 4.69) is 22.1 Å². The number of aryl methyl sites for hydroxylation is 1. The summed E-state index contributed by atoms with van der Waals surface area (Å²) in [5, 5.41) is 3.09. The number of halogens is 1. The van der Waals surface area contributed by atoms with Gasteiger partial charge in [0, 0.05) is 24.2 Å². The predicted octanol–water partition coefficient (Wildman–Crippen LogP) is 2.19. The van der Waals surface area contributed by atoms with Crippen molar-refractivity contribution in [2.24, 2.45) is 0 Å². The maximum Gasteiger partial charge on any atom is 0.251 e. The van der Waals surface area contributed by atoms with Crippen LogP contribution < -0.4 is 5.32 Å². The quantitative estimate of drug-likeness (QED) is 0.497. The second-order valence-corrected chi connectivity index (χ2v) is 3.64. The van der Waals surface area contributed by atoms with E-state index in [0.29, 0.717) is 23.7 Å². The van der Waals surface area contributed by atoms with Gasteiger partial charge in [0.25, 0.3) is 5.91 Å². The van der Waals surface area contributed by atoms with E-state index in [1.54, 1.807) is 26.0 Å². The number of rotatable bonds is 3. The van der Waals surface area contributed by atoms with E-state index < -0.39 is 0 Å². The Bertz CT molecular complexity index is 426. The molecule has 0 saturated carbocycles. The van der Waals surface area contributed by atoms with Crippen molar-refractivity contribution in [3.8, 4) is 11.8 Å². The number of pyridine rings is 1. The molecule has 0 fully saturated rings. The number of hydrogen-bond acceptors (Lipinski definition) is 2. The van der Waals surface area contributed by atoms with E-state index in [1.807, 2.05) is 0 Å². The van der Waals surface area contributed by atoms with Crippen molar-refractivity contribution in [1.82, 2.24) is 10.3 Å². The van der Waals surface area contributed by atoms with Crippen LogP contribution >= 0.6 is 11.6 Å². The lowest BCUT2D eigenvalue weighted by Gasteiger charge is -2.04. The zero-order chi connectivity index (χ0) is 12.0. The first kappa shape index (κ1) is 12.5. The molecule has 84 valence electrons. The van der Waals surface area contributed by atoms with Gasteiger partial charge in [-0.3, -0.25) is 4.79 Å². The zero-order valence-corrected chi connectivity index (χ0v) is 10.1. The first-order valence-electron chi connectivity index (χ1n) is 4.95. The van der Waals surface area contributed by atoms with Crippen molar-refractivity contribution in [3.63, 3.8) is 0 Å². The highest BCUT2D eigenvalue weighted by atomic mass is 35.5. The van der Waals surface area contributed by atoms with Gasteiger partial charge in [0.1, 0.15) is 5.15 Å². The molecule has 1 rings (SSSR count). The molecular weight excluding hydrogens is 224 g/mol. The van der Waals surface area contributed by atoms with Crippen LogP contribution in [0.3, 0.4) is 0 Å². The fourth-order valence-corrected chi connectivity index (χ4v) is 1.48. The third kappa shape index (κ3) is 3.92. The van der Waals surface area contributed by atoms with Gasteiger partial charge >= 0.3 is 0 Å². The van der Waals surface area contributed by atoms with Gasteiger partial charge in [0.15, 0.2) is 0 Å². The molecule has 0 spiro atoms. The van der Waals surface area contributed by atoms with E-state index in [4.69, 9.17) is 11.6 Å². The minimum Gasteiger partial charge on any atom is -0.351 e. The summed E-state index contributed by atoms with van der Waals surface area (Å²) in [7, 11) is 0. The molecule has 0 bridgehead atoms. The molecule has 0 aliphatic rings. The minimum absolute atomic E-state index is 0.148. The predicted molar refractivity (Wildman–Crippen MR) is 64.4 cm³/mol. The standard InChI is InChI=1S/C12H13ClN2O/c1-3-4-5-6-14-12(16)10-7-9(2)15-11(13)8-10/h7-8H,5-6H2,1-2H3,(H,14,16). The average molecular weight is 237 g/mol. The summed E-state index contributed by atoms with van der Waals surface area (Å²) in [6.07, 6.45) is 0.653. The number of carbonyl (C=O) groups is 1. The Kier molecular flexibility index (Phi) is 4.81. The zero-order valence-electron chi connectivity index (χ0n) is 9.30. The molecule has 1 N–H and O–H groups in total. The fourth-order valence-electron chi connectivity index (χ4n) is 1.22. The van der Waals surface area contributed by atoms with Crippen LogP contribution in [0, 0.1) is 18.8 Å². The van der Waals surface area contributed by atoms with Crippen molar-refractivity contribution in [2.45, 2.75) is 20.3 Å². The first-order valence-corrected chi connectivity index (χ1v) is 5.33. The molecular formula is C12H13ClN2O. The second-order valence-electron chi connectivity index (χ2n) is 3.25. The van der Waals surface area contributed by atoms with Crippen molar-refractivity contribution in [2.75, 3.05) is 6.54 Å². The molecule has 0 aliphatic carbocycles. The van der Waals surface area contributed by atoms with Crippen LogP contribution in [0.1, 0.15) is 29.4 Å². The van der Waals surface area contributed by atoms with E-state index in [0.717, 1.165) is 5.69 Å². The summed E-state index contributed by atoms with van der Waals surface area (Å²) in [5.74, 6) is 5.49. The Morgan fingerprint density at radius 1 is 1.56 bits per heavy atom. The summed E-state index contributed by atoms with van der Waals surface area (Å²) >= 11 is 5.76. The number of hydrogen-bond donors (Lipinski definition) is 1. The Morgan fingerprint density at radius 3 is 2.94 bits per heavy atom. The van der Waals surface area contributed by atoms with Crippen LogP contribution in [0.2, 0.25) is 5.15 Å². The number of nitrogens with one attached hydrogen (secondary N) is 1. The summed E-state index contributed by atoms with van der Waals surface area (Å²) in [4.78, 5) is 15.7. The second kappa shape index (κ2) is 6.14. The maximum atomic E-state index is 11.7. The summed E-state index contributed by atoms with van der Waals surface area (Å²) < 4.78 is 0. The van der Waals surface area contributed by atoms with Gasteiger partial charge in [0.2, 0.25) is 0 Å². The van der Waals surface area contributed by atoms with Gasteiger partial charge < -0.3 is 5.32 Å². The summed E-state index contributed by atoms with van der Waals surface area (Å²) in [6.45, 7) is 4.11. The molecule has 16 heavy (non-hydrogen) atoms. The summed E-state index contributed by atoms with van der Waals surface area (Å²) in [6, 6.07) is 3.25. The van der Waals surface area contributed by atoms with Crippen molar-refractivity contribution < 1.29 is 4.79 Å². The molecule has 0 aromatic carbocycles. The fraction of sp³-hybridized carbons (Fsp3) is 0.333. The third-order valence-corrected chi connectivity index (χ3v) is 2.09. The number of aromatic nitrogens is 1. The highest BCUT2D eigenvalue weighted by Gasteiger charge is 2.06. The smallest absolute Gasteiger partial charge is 0.251 e. The van der Waals surface area contributed by atoms with E-state index in [9.17, 15) is 4.79 Å². The largest absolute Gasteiger partial charge is 0.351 e. The molecule has 0 radical (unpaired) electrons. The van der Waals surface area contributed by atoms with E-state index in [-0.39, 0.29) is 5.91 Å². The first-order chi connectivity index (χ1) is 7.63. The Hall–Kier alpha value is -1.53. The Labute approximate surface area is 100 Å². The Balaban J connectivity index is 2.61. The van der Waals surface area contributed by atoms with Crippen LogP contribution in [0.25, 0.3) is 0 Å². The van der Waals surface area contributed by atoms with Gasteiger partial charge in [-0.1, -0.05) is 11.6 Å². The number of nitrogens with zero attached hydrogens (tertiary/aromatic N) is 1. The van der Waals surface area contributed by atoms with Gasteiger partial charge in [-0.15, -0.1) is 11.8 Å². The van der Waals surface area contributed by atoms with Crippen molar-refractivity contribution in [3.05, 3.63) is 28.5 Å². The van der Waals surface area contributed by atoms with Crippen LogP contribution in [0.15, 0.2) is 12.1 Å². The monoisotopic (exact) mass is 236 g/mol. The molecule has 1 amide bonds. The number of amides is 1. The van der Waals surface area contributed by atoms with Crippen LogP contribution in [-0.2, 0) is 0 Å². The van der Waals surface area contributed by atoms with Crippen LogP contribution in [0.4, 0.5) is 0 Å². The molecule has 4 heteroatoms. The molecule has 3 nitrogen and oxygen atoms in total. The molecule has 1 heterocycles. The van der Waals surface area contributed by atoms with Crippen LogP contribution in [-0.4, -0.2) is 17.4 Å². The lowest BCUT2D eigenvalue weighted by Crippen LogP contribution is -2.24. The maximum absolute atomic E-state index is 11.7. The minimum atomic E-state index is -0.148. The topological polar surface area (TPSA) is 42.0 Å². The van der Waals surface area contributed by atoms with Gasteiger partial charge in [-0.05, 0) is 26.0 Å². The third-order valence-electron chi connectivity index (χ3n) is 1.90. The van der Waals surface area contributed by atoms with E-state index >= 15 is 0 Å². The average Bonchev–Trinajstić information content (AvgIpc) is 2.22. The number of carbonyl (C=O) groups excluding carboxylic acids is 1. The Morgan fingerprint density at radius 2 is 2.31 bits per heavy atom. The lowest BCUT2D eigenvalue weighted by atomic mass is 10.2. The molecule has 0 atom stereocenters. The lowest BCUT2D eigenvalue weighted by molar-refractivity contribution is 0.0954. The SMILES string of the molecule is CC#CCCNC(=O)c1cc(C)nc(Cl)c1. The molecule has 0 saturated heterocycles. The van der Waals surface area contributed by atoms with Crippen molar-refractivity contribution in [1.29, 1.82) is 0 Å². The van der Waals surface area contributed by atoms with Crippen LogP contribution in [0.5, 0.6) is 0 Å². The molecule has 1 aromatic rings. The van der Waals surface area contributed by atoms with Gasteiger partial charge in [-0.25, -0.2) is 4.98 Å². The van der Waals surface area contributed by atoms with Gasteiger partial charge in [0.05, 0.1) is 0 Å². The molecule has 1 aromatic heterocycles. The van der Waals surface area contributed by atoms with Crippen molar-refractivity contribution >= 4 is 17.5 Å². The highest BCUT2D eigenvalue weighted by molar-refractivity contribution is 6.29. The highest BCUT2D eigenvalue weighted by Crippen LogP contribution is 2.10. The normalized spacial score (nSPS) is 9.19. The summed E-state index contributed by atoms with van der Waals surface area (Å²) in [5.41, 5.74) is 1.26. The van der Waals surface area contributed by atoms with Gasteiger partial charge in [-0.2, -0.15) is 0 Å². The molecule has 0 aliphatic heterocycles.